The first-order chi connectivity index (χ1) is 12.7. The van der Waals surface area contributed by atoms with E-state index in [1.54, 1.807) is 18.6 Å². The van der Waals surface area contributed by atoms with Crippen LogP contribution in [0, 0.1) is 6.92 Å². The second-order valence-electron chi connectivity index (χ2n) is 6.53. The van der Waals surface area contributed by atoms with Crippen LogP contribution in [0.25, 0.3) is 11.3 Å². The molecule has 0 atom stereocenters. The zero-order valence-corrected chi connectivity index (χ0v) is 15.3. The van der Waals surface area contributed by atoms with Crippen molar-refractivity contribution >= 4 is 17.2 Å². The van der Waals surface area contributed by atoms with E-state index in [0.29, 0.717) is 11.7 Å². The topological polar surface area (TPSA) is 85.6 Å². The van der Waals surface area contributed by atoms with Crippen LogP contribution < -0.4 is 5.32 Å². The number of nitrogens with one attached hydrogen (secondary N) is 1. The van der Waals surface area contributed by atoms with Crippen LogP contribution in [-0.4, -0.2) is 36.7 Å². The van der Waals surface area contributed by atoms with Crippen molar-refractivity contribution in [3.05, 3.63) is 47.1 Å². The highest BCUT2D eigenvalue weighted by molar-refractivity contribution is 7.09. The molecule has 3 aromatic heterocycles. The van der Waals surface area contributed by atoms with Crippen molar-refractivity contribution in [3.63, 3.8) is 0 Å². The van der Waals surface area contributed by atoms with Crippen molar-refractivity contribution < 1.29 is 4.79 Å². The quantitative estimate of drug-likeness (QED) is 0.765. The highest BCUT2D eigenvalue weighted by atomic mass is 32.1. The van der Waals surface area contributed by atoms with Crippen molar-refractivity contribution in [2.75, 3.05) is 0 Å². The number of aryl methyl sites for hydroxylation is 1. The maximum atomic E-state index is 12.2. The molecule has 1 N–H and O–H groups in total. The Morgan fingerprint density at radius 2 is 2.08 bits per heavy atom. The van der Waals surface area contributed by atoms with Crippen molar-refractivity contribution in [1.82, 2.24) is 30.0 Å². The van der Waals surface area contributed by atoms with Crippen LogP contribution in [0.3, 0.4) is 0 Å². The van der Waals surface area contributed by atoms with E-state index in [1.807, 2.05) is 29.4 Å². The number of hydrogen-bond donors (Lipinski definition) is 1. The third-order valence-electron chi connectivity index (χ3n) is 4.72. The molecule has 134 valence electrons. The van der Waals surface area contributed by atoms with Crippen molar-refractivity contribution in [2.24, 2.45) is 0 Å². The Labute approximate surface area is 155 Å². The second-order valence-corrected chi connectivity index (χ2v) is 7.59. The van der Waals surface area contributed by atoms with Crippen molar-refractivity contribution in [2.45, 2.75) is 44.7 Å². The van der Waals surface area contributed by atoms with E-state index in [2.05, 4.69) is 25.4 Å². The van der Waals surface area contributed by atoms with Gasteiger partial charge in [0.25, 0.3) is 5.91 Å². The lowest BCUT2D eigenvalue weighted by Crippen LogP contribution is -2.38. The van der Waals surface area contributed by atoms with Gasteiger partial charge in [-0.1, -0.05) is 0 Å². The summed E-state index contributed by atoms with van der Waals surface area (Å²) in [6.45, 7) is 1.91. The summed E-state index contributed by atoms with van der Waals surface area (Å²) in [4.78, 5) is 24.9. The summed E-state index contributed by atoms with van der Waals surface area (Å²) in [5, 5.41) is 10.3. The van der Waals surface area contributed by atoms with Crippen molar-refractivity contribution in [1.29, 1.82) is 0 Å². The van der Waals surface area contributed by atoms with E-state index in [4.69, 9.17) is 0 Å². The summed E-state index contributed by atoms with van der Waals surface area (Å²) in [6, 6.07) is 0.561. The maximum absolute atomic E-state index is 12.2. The predicted octanol–water partition coefficient (Wildman–Crippen LogP) is 3.02. The summed E-state index contributed by atoms with van der Waals surface area (Å²) < 4.78 is 2.02. The minimum absolute atomic E-state index is 0.0678. The molecular formula is C18H20N6OS. The molecule has 1 aliphatic carbocycles. The Kier molecular flexibility index (Phi) is 4.75. The maximum Gasteiger partial charge on any atom is 0.270 e. The van der Waals surface area contributed by atoms with Gasteiger partial charge in [0.05, 0.1) is 29.1 Å². The number of carbonyl (C=O) groups excluding carboxylic acids is 1. The number of rotatable bonds is 4. The standard InChI is InChI=1S/C18H20N6OS/c1-12-22-17(11-26-12)18(25)23-14-2-4-15(5-3-14)24-10-13(8-21-24)16-9-19-6-7-20-16/h6-11,14-15H,2-5H2,1H3,(H,23,25). The molecule has 3 aromatic rings. The summed E-state index contributed by atoms with van der Waals surface area (Å²) in [5.41, 5.74) is 2.33. The average molecular weight is 368 g/mol. The first kappa shape index (κ1) is 16.8. The molecular weight excluding hydrogens is 348 g/mol. The van der Waals surface area contributed by atoms with Crippen LogP contribution in [0.5, 0.6) is 0 Å². The molecule has 4 rings (SSSR count). The molecule has 0 unspecified atom stereocenters. The van der Waals surface area contributed by atoms with Crippen LogP contribution in [0.2, 0.25) is 0 Å². The van der Waals surface area contributed by atoms with E-state index in [1.165, 1.54) is 11.3 Å². The third kappa shape index (κ3) is 3.65. The number of hydrogen-bond acceptors (Lipinski definition) is 6. The lowest BCUT2D eigenvalue weighted by atomic mass is 9.91. The molecule has 3 heterocycles. The molecule has 0 aliphatic heterocycles. The van der Waals surface area contributed by atoms with Gasteiger partial charge < -0.3 is 5.32 Å². The van der Waals surface area contributed by atoms with Gasteiger partial charge in [0, 0.05) is 35.6 Å². The first-order valence-corrected chi connectivity index (χ1v) is 9.60. The highest BCUT2D eigenvalue weighted by Gasteiger charge is 2.25. The molecule has 0 saturated heterocycles. The van der Waals surface area contributed by atoms with Crippen LogP contribution in [0.4, 0.5) is 0 Å². The molecule has 0 aromatic carbocycles. The molecule has 0 spiro atoms. The number of aromatic nitrogens is 5. The monoisotopic (exact) mass is 368 g/mol. The minimum Gasteiger partial charge on any atom is -0.348 e. The lowest BCUT2D eigenvalue weighted by molar-refractivity contribution is 0.0917. The Bertz CT molecular complexity index is 882. The molecule has 1 amide bonds. The first-order valence-electron chi connectivity index (χ1n) is 8.72. The van der Waals surface area contributed by atoms with Gasteiger partial charge >= 0.3 is 0 Å². The predicted molar refractivity (Wildman–Crippen MR) is 98.9 cm³/mol. The van der Waals surface area contributed by atoms with E-state index in [-0.39, 0.29) is 11.9 Å². The minimum atomic E-state index is -0.0678. The number of amides is 1. The fourth-order valence-corrected chi connectivity index (χ4v) is 3.92. The highest BCUT2D eigenvalue weighted by Crippen LogP contribution is 2.29. The molecule has 1 fully saturated rings. The van der Waals surface area contributed by atoms with Gasteiger partial charge in [-0.15, -0.1) is 11.3 Å². The van der Waals surface area contributed by atoms with E-state index >= 15 is 0 Å². The smallest absolute Gasteiger partial charge is 0.270 e. The SMILES string of the molecule is Cc1nc(C(=O)NC2CCC(n3cc(-c4cnccn4)cn3)CC2)cs1. The zero-order valence-electron chi connectivity index (χ0n) is 14.5. The molecule has 1 aliphatic rings. The fourth-order valence-electron chi connectivity index (χ4n) is 3.33. The average Bonchev–Trinajstić information content (AvgIpc) is 3.32. The van der Waals surface area contributed by atoms with E-state index < -0.39 is 0 Å². The number of carbonyl (C=O) groups is 1. The van der Waals surface area contributed by atoms with Gasteiger partial charge in [0.1, 0.15) is 5.69 Å². The fraction of sp³-hybridized carbons (Fsp3) is 0.389. The van der Waals surface area contributed by atoms with Crippen LogP contribution in [-0.2, 0) is 0 Å². The Morgan fingerprint density at radius 3 is 2.77 bits per heavy atom. The molecule has 26 heavy (non-hydrogen) atoms. The summed E-state index contributed by atoms with van der Waals surface area (Å²) in [6.07, 6.45) is 12.8. The number of thiazole rings is 1. The summed E-state index contributed by atoms with van der Waals surface area (Å²) in [5.74, 6) is -0.0678. The van der Waals surface area contributed by atoms with Gasteiger partial charge in [-0.3, -0.25) is 19.4 Å². The van der Waals surface area contributed by atoms with Gasteiger partial charge in [-0.25, -0.2) is 4.98 Å². The summed E-state index contributed by atoms with van der Waals surface area (Å²) in [7, 11) is 0. The Morgan fingerprint density at radius 1 is 1.23 bits per heavy atom. The zero-order chi connectivity index (χ0) is 17.9. The number of nitrogens with zero attached hydrogens (tertiary/aromatic N) is 5. The molecule has 0 bridgehead atoms. The molecule has 7 nitrogen and oxygen atoms in total. The van der Waals surface area contributed by atoms with Crippen LogP contribution in [0.15, 0.2) is 36.4 Å². The van der Waals surface area contributed by atoms with Gasteiger partial charge in [0.15, 0.2) is 0 Å². The third-order valence-corrected chi connectivity index (χ3v) is 5.49. The Balaban J connectivity index is 1.34. The lowest BCUT2D eigenvalue weighted by Gasteiger charge is -2.29. The van der Waals surface area contributed by atoms with Gasteiger partial charge in [-0.2, -0.15) is 5.10 Å². The normalized spacial score (nSPS) is 20.0. The molecule has 0 radical (unpaired) electrons. The second kappa shape index (κ2) is 7.33. The van der Waals surface area contributed by atoms with E-state index in [0.717, 1.165) is 41.9 Å². The molecule has 8 heteroatoms. The summed E-state index contributed by atoms with van der Waals surface area (Å²) >= 11 is 1.50. The van der Waals surface area contributed by atoms with Gasteiger partial charge in [0.2, 0.25) is 0 Å². The van der Waals surface area contributed by atoms with Gasteiger partial charge in [-0.05, 0) is 32.6 Å². The van der Waals surface area contributed by atoms with Crippen molar-refractivity contribution in [3.8, 4) is 11.3 Å². The Hall–Kier alpha value is -2.61. The van der Waals surface area contributed by atoms with E-state index in [9.17, 15) is 4.79 Å². The van der Waals surface area contributed by atoms with Crippen LogP contribution >= 0.6 is 11.3 Å². The largest absolute Gasteiger partial charge is 0.348 e. The molecule has 1 saturated carbocycles. The van der Waals surface area contributed by atoms with Crippen LogP contribution in [0.1, 0.15) is 47.2 Å².